The molecule has 0 aliphatic heterocycles. The zero-order chi connectivity index (χ0) is 16.1. The molecule has 0 radical (unpaired) electrons. The van der Waals surface area contributed by atoms with E-state index in [0.29, 0.717) is 18.1 Å². The maximum atomic E-state index is 5.35. The molecule has 3 aromatic rings. The largest absolute Gasteiger partial charge is 0.497 e. The zero-order valence-electron chi connectivity index (χ0n) is 12.9. The lowest BCUT2D eigenvalue weighted by molar-refractivity contribution is 0.391. The summed E-state index contributed by atoms with van der Waals surface area (Å²) in [5, 5.41) is 18.3. The lowest BCUT2D eigenvalue weighted by atomic mass is 10.2. The van der Waals surface area contributed by atoms with E-state index in [1.165, 1.54) is 0 Å². The molecule has 6 heteroatoms. The second-order valence-corrected chi connectivity index (χ2v) is 4.83. The Bertz CT molecular complexity index is 844. The normalized spacial score (nSPS) is 11.0. The molecule has 2 aromatic carbocycles. The number of azo groups is 1. The first-order valence-corrected chi connectivity index (χ1v) is 7.10. The Hall–Kier alpha value is -3.02. The highest BCUT2D eigenvalue weighted by molar-refractivity contribution is 5.89. The van der Waals surface area contributed by atoms with Gasteiger partial charge in [-0.05, 0) is 12.1 Å². The minimum Gasteiger partial charge on any atom is -0.497 e. The third kappa shape index (κ3) is 3.26. The Kier molecular flexibility index (Phi) is 4.42. The molecule has 0 spiro atoms. The van der Waals surface area contributed by atoms with Crippen LogP contribution in [0.25, 0.3) is 10.8 Å². The van der Waals surface area contributed by atoms with Gasteiger partial charge < -0.3 is 9.47 Å². The van der Waals surface area contributed by atoms with Crippen LogP contribution in [0.1, 0.15) is 5.56 Å². The van der Waals surface area contributed by atoms with Crippen molar-refractivity contribution < 1.29 is 9.47 Å². The van der Waals surface area contributed by atoms with Crippen molar-refractivity contribution >= 4 is 16.6 Å². The average Bonchev–Trinajstić information content (AvgIpc) is 2.62. The van der Waals surface area contributed by atoms with Crippen LogP contribution in [0.15, 0.2) is 58.9 Å². The van der Waals surface area contributed by atoms with Crippen molar-refractivity contribution in [3.8, 4) is 11.5 Å². The Morgan fingerprint density at radius 1 is 1.04 bits per heavy atom. The smallest absolute Gasteiger partial charge is 0.203 e. The zero-order valence-corrected chi connectivity index (χ0v) is 12.9. The quantitative estimate of drug-likeness (QED) is 0.670. The van der Waals surface area contributed by atoms with E-state index in [0.717, 1.165) is 22.1 Å². The summed E-state index contributed by atoms with van der Waals surface area (Å²) < 4.78 is 10.5. The number of hydrogen-bond donors (Lipinski definition) is 0. The minimum atomic E-state index is 0.387. The minimum absolute atomic E-state index is 0.387. The Balaban J connectivity index is 1.83. The van der Waals surface area contributed by atoms with Gasteiger partial charge in [-0.2, -0.15) is 10.2 Å². The summed E-state index contributed by atoms with van der Waals surface area (Å²) in [5.41, 5.74) is 0.922. The molecule has 0 bridgehead atoms. The van der Waals surface area contributed by atoms with Crippen molar-refractivity contribution in [3.05, 3.63) is 54.2 Å². The van der Waals surface area contributed by atoms with Gasteiger partial charge in [0.1, 0.15) is 11.5 Å². The molecule has 6 nitrogen and oxygen atoms in total. The summed E-state index contributed by atoms with van der Waals surface area (Å²) in [6.07, 6.45) is 1.71. The second kappa shape index (κ2) is 6.83. The van der Waals surface area contributed by atoms with Gasteiger partial charge in [0.25, 0.3) is 0 Å². The molecular weight excluding hydrogens is 292 g/mol. The van der Waals surface area contributed by atoms with Crippen molar-refractivity contribution in [2.75, 3.05) is 14.2 Å². The van der Waals surface area contributed by atoms with Crippen LogP contribution in [0.3, 0.4) is 0 Å². The molecule has 0 atom stereocenters. The first-order valence-electron chi connectivity index (χ1n) is 7.10. The van der Waals surface area contributed by atoms with Gasteiger partial charge in [-0.25, -0.2) is 0 Å². The topological polar surface area (TPSA) is 69.0 Å². The molecule has 0 aliphatic carbocycles. The van der Waals surface area contributed by atoms with E-state index in [1.807, 2.05) is 42.5 Å². The van der Waals surface area contributed by atoms with Crippen LogP contribution in [-0.2, 0) is 6.54 Å². The van der Waals surface area contributed by atoms with Crippen molar-refractivity contribution in [2.24, 2.45) is 10.2 Å². The number of fused-ring (bicyclic) bond motifs is 1. The first-order chi connectivity index (χ1) is 11.3. The van der Waals surface area contributed by atoms with Gasteiger partial charge in [-0.15, -0.1) is 10.2 Å². The van der Waals surface area contributed by atoms with E-state index in [9.17, 15) is 0 Å². The molecule has 0 N–H and O–H groups in total. The summed E-state index contributed by atoms with van der Waals surface area (Å²) >= 11 is 0. The highest BCUT2D eigenvalue weighted by Crippen LogP contribution is 2.26. The van der Waals surface area contributed by atoms with E-state index in [1.54, 1.807) is 20.4 Å². The van der Waals surface area contributed by atoms with Gasteiger partial charge in [0, 0.05) is 22.4 Å². The van der Waals surface area contributed by atoms with Gasteiger partial charge in [0.2, 0.25) is 5.82 Å². The molecular formula is C17H16N4O2. The van der Waals surface area contributed by atoms with Crippen LogP contribution in [-0.4, -0.2) is 24.4 Å². The Morgan fingerprint density at radius 3 is 2.74 bits per heavy atom. The molecule has 23 heavy (non-hydrogen) atoms. The van der Waals surface area contributed by atoms with E-state index in [-0.39, 0.29) is 0 Å². The van der Waals surface area contributed by atoms with Crippen LogP contribution in [0.2, 0.25) is 0 Å². The SMILES string of the molecule is COc1ccc(CN=Nc2nncc3ccccc23)c(OC)c1. The van der Waals surface area contributed by atoms with Crippen molar-refractivity contribution in [3.63, 3.8) is 0 Å². The maximum Gasteiger partial charge on any atom is 0.203 e. The summed E-state index contributed by atoms with van der Waals surface area (Å²) in [7, 11) is 3.24. The molecule has 0 saturated heterocycles. The summed E-state index contributed by atoms with van der Waals surface area (Å²) in [6, 6.07) is 13.4. The number of nitrogens with zero attached hydrogens (tertiary/aromatic N) is 4. The van der Waals surface area contributed by atoms with E-state index in [4.69, 9.17) is 9.47 Å². The summed E-state index contributed by atoms with van der Waals surface area (Å²) in [6.45, 7) is 0.387. The van der Waals surface area contributed by atoms with Crippen LogP contribution in [0.5, 0.6) is 11.5 Å². The predicted molar refractivity (Wildman–Crippen MR) is 87.3 cm³/mol. The van der Waals surface area contributed by atoms with E-state index >= 15 is 0 Å². The lowest BCUT2D eigenvalue weighted by Gasteiger charge is -2.08. The fourth-order valence-electron chi connectivity index (χ4n) is 2.25. The Morgan fingerprint density at radius 2 is 1.91 bits per heavy atom. The van der Waals surface area contributed by atoms with Gasteiger partial charge in [-0.3, -0.25) is 0 Å². The third-order valence-electron chi connectivity index (χ3n) is 3.45. The monoisotopic (exact) mass is 308 g/mol. The van der Waals surface area contributed by atoms with Crippen molar-refractivity contribution in [1.29, 1.82) is 0 Å². The molecule has 0 aliphatic rings. The number of methoxy groups -OCH3 is 2. The average molecular weight is 308 g/mol. The summed E-state index contributed by atoms with van der Waals surface area (Å²) in [4.78, 5) is 0. The number of benzene rings is 2. The molecule has 0 saturated carbocycles. The summed E-state index contributed by atoms with van der Waals surface area (Å²) in [5.74, 6) is 1.96. The van der Waals surface area contributed by atoms with E-state index in [2.05, 4.69) is 20.4 Å². The third-order valence-corrected chi connectivity index (χ3v) is 3.45. The van der Waals surface area contributed by atoms with Crippen LogP contribution in [0.4, 0.5) is 5.82 Å². The molecule has 1 heterocycles. The lowest BCUT2D eigenvalue weighted by Crippen LogP contribution is -1.92. The Labute approximate surface area is 133 Å². The highest BCUT2D eigenvalue weighted by Gasteiger charge is 2.05. The first kappa shape index (κ1) is 14.9. The van der Waals surface area contributed by atoms with E-state index < -0.39 is 0 Å². The number of aromatic nitrogens is 2. The molecule has 0 unspecified atom stereocenters. The van der Waals surface area contributed by atoms with Gasteiger partial charge in [0.05, 0.1) is 27.0 Å². The fraction of sp³-hybridized carbons (Fsp3) is 0.176. The number of rotatable bonds is 5. The van der Waals surface area contributed by atoms with Gasteiger partial charge in [0.15, 0.2) is 0 Å². The standard InChI is InChI=1S/C17H16N4O2/c1-22-14-8-7-13(16(9-14)23-2)11-19-21-17-15-6-4-3-5-12(15)10-18-20-17/h3-10H,11H2,1-2H3. The van der Waals surface area contributed by atoms with Crippen molar-refractivity contribution in [1.82, 2.24) is 10.2 Å². The van der Waals surface area contributed by atoms with Crippen LogP contribution >= 0.6 is 0 Å². The molecule has 3 rings (SSSR count). The second-order valence-electron chi connectivity index (χ2n) is 4.83. The number of ether oxygens (including phenoxy) is 2. The molecule has 116 valence electrons. The number of hydrogen-bond acceptors (Lipinski definition) is 6. The fourth-order valence-corrected chi connectivity index (χ4v) is 2.25. The van der Waals surface area contributed by atoms with Crippen LogP contribution in [0, 0.1) is 0 Å². The highest BCUT2D eigenvalue weighted by atomic mass is 16.5. The molecule has 0 fully saturated rings. The predicted octanol–water partition coefficient (Wildman–Crippen LogP) is 3.93. The van der Waals surface area contributed by atoms with Crippen LogP contribution < -0.4 is 9.47 Å². The van der Waals surface area contributed by atoms with Crippen molar-refractivity contribution in [2.45, 2.75) is 6.54 Å². The molecule has 1 aromatic heterocycles. The maximum absolute atomic E-state index is 5.35. The molecule has 0 amide bonds. The van der Waals surface area contributed by atoms with Gasteiger partial charge in [-0.1, -0.05) is 24.3 Å². The van der Waals surface area contributed by atoms with Gasteiger partial charge >= 0.3 is 0 Å².